The van der Waals surface area contributed by atoms with Crippen molar-refractivity contribution < 1.29 is 5.11 Å². The molecule has 0 aliphatic carbocycles. The van der Waals surface area contributed by atoms with Crippen LogP contribution in [-0.2, 0) is 7.05 Å². The highest BCUT2D eigenvalue weighted by Gasteiger charge is 2.11. The van der Waals surface area contributed by atoms with Gasteiger partial charge >= 0.3 is 0 Å². The molecule has 1 N–H and O–H groups in total. The van der Waals surface area contributed by atoms with Crippen LogP contribution < -0.4 is 4.90 Å². The van der Waals surface area contributed by atoms with Crippen LogP contribution >= 0.6 is 0 Å². The Kier molecular flexibility index (Phi) is 3.28. The second-order valence-electron chi connectivity index (χ2n) is 4.42. The minimum Gasteiger partial charge on any atom is -0.393 e. The first kappa shape index (κ1) is 11.9. The van der Waals surface area contributed by atoms with Crippen LogP contribution in [0.2, 0.25) is 0 Å². The standard InChI is InChI=1S/C12H18N4O/c1-9(17)5-7-15(2)12-11-10(4-6-13-12)16(3)8-14-11/h4,6,8-9,17H,5,7H2,1-3H3. The lowest BCUT2D eigenvalue weighted by Crippen LogP contribution is -2.23. The molecule has 0 spiro atoms. The molecular weight excluding hydrogens is 216 g/mol. The van der Waals surface area contributed by atoms with Gasteiger partial charge < -0.3 is 14.6 Å². The van der Waals surface area contributed by atoms with Gasteiger partial charge in [-0.05, 0) is 19.4 Å². The molecule has 0 aliphatic rings. The van der Waals surface area contributed by atoms with Crippen molar-refractivity contribution in [2.75, 3.05) is 18.5 Å². The fraction of sp³-hybridized carbons (Fsp3) is 0.500. The zero-order valence-corrected chi connectivity index (χ0v) is 10.5. The number of aryl methyl sites for hydroxylation is 1. The van der Waals surface area contributed by atoms with Crippen LogP contribution in [0.3, 0.4) is 0 Å². The predicted molar refractivity (Wildman–Crippen MR) is 68.1 cm³/mol. The molecule has 0 saturated carbocycles. The van der Waals surface area contributed by atoms with Gasteiger partial charge in [-0.1, -0.05) is 0 Å². The Morgan fingerprint density at radius 2 is 2.24 bits per heavy atom. The molecule has 0 fully saturated rings. The van der Waals surface area contributed by atoms with Crippen molar-refractivity contribution in [3.05, 3.63) is 18.6 Å². The molecule has 5 heteroatoms. The van der Waals surface area contributed by atoms with Crippen molar-refractivity contribution in [3.8, 4) is 0 Å². The van der Waals surface area contributed by atoms with Crippen LogP contribution in [-0.4, -0.2) is 39.3 Å². The summed E-state index contributed by atoms with van der Waals surface area (Å²) >= 11 is 0. The molecule has 5 nitrogen and oxygen atoms in total. The molecule has 0 bridgehead atoms. The molecule has 2 rings (SSSR count). The Hall–Kier alpha value is -1.62. The number of hydrogen-bond acceptors (Lipinski definition) is 4. The van der Waals surface area contributed by atoms with Gasteiger partial charge in [0.25, 0.3) is 0 Å². The van der Waals surface area contributed by atoms with E-state index < -0.39 is 0 Å². The summed E-state index contributed by atoms with van der Waals surface area (Å²) in [7, 11) is 3.94. The zero-order chi connectivity index (χ0) is 12.4. The molecule has 2 aromatic rings. The summed E-state index contributed by atoms with van der Waals surface area (Å²) in [6.07, 6.45) is 4.01. The van der Waals surface area contributed by atoms with E-state index >= 15 is 0 Å². The van der Waals surface area contributed by atoms with Crippen molar-refractivity contribution >= 4 is 16.9 Å². The van der Waals surface area contributed by atoms with Crippen molar-refractivity contribution in [1.29, 1.82) is 0 Å². The fourth-order valence-electron chi connectivity index (χ4n) is 1.81. The van der Waals surface area contributed by atoms with Gasteiger partial charge in [0.2, 0.25) is 0 Å². The van der Waals surface area contributed by atoms with Gasteiger partial charge in [0.1, 0.15) is 5.52 Å². The normalized spacial score (nSPS) is 12.9. The van der Waals surface area contributed by atoms with Crippen LogP contribution in [0.15, 0.2) is 18.6 Å². The highest BCUT2D eigenvalue weighted by molar-refractivity contribution is 5.86. The molecule has 0 aromatic carbocycles. The van der Waals surface area contributed by atoms with Gasteiger partial charge in [-0.25, -0.2) is 9.97 Å². The number of fused-ring (bicyclic) bond motifs is 1. The maximum atomic E-state index is 9.30. The Morgan fingerprint density at radius 1 is 1.47 bits per heavy atom. The first-order chi connectivity index (χ1) is 8.09. The third-order valence-corrected chi connectivity index (χ3v) is 2.87. The van der Waals surface area contributed by atoms with Crippen molar-refractivity contribution in [3.63, 3.8) is 0 Å². The SMILES string of the molecule is CC(O)CCN(C)c1nccc2c1ncn2C. The van der Waals surface area contributed by atoms with Gasteiger partial charge in [0.05, 0.1) is 17.9 Å². The van der Waals surface area contributed by atoms with Crippen LogP contribution in [0.25, 0.3) is 11.0 Å². The summed E-state index contributed by atoms with van der Waals surface area (Å²) in [5.74, 6) is 0.865. The lowest BCUT2D eigenvalue weighted by atomic mass is 10.2. The van der Waals surface area contributed by atoms with E-state index in [0.717, 1.165) is 29.8 Å². The summed E-state index contributed by atoms with van der Waals surface area (Å²) in [5, 5.41) is 9.30. The number of imidazole rings is 1. The molecule has 0 aliphatic heterocycles. The Balaban J connectivity index is 2.28. The molecule has 0 saturated heterocycles. The average Bonchev–Trinajstić information content (AvgIpc) is 2.68. The lowest BCUT2D eigenvalue weighted by Gasteiger charge is -2.19. The zero-order valence-electron chi connectivity index (χ0n) is 10.5. The Bertz CT molecular complexity index is 506. The number of hydrogen-bond donors (Lipinski definition) is 1. The third kappa shape index (κ3) is 2.39. The maximum Gasteiger partial charge on any atom is 0.156 e. The van der Waals surface area contributed by atoms with Crippen LogP contribution in [0, 0.1) is 0 Å². The maximum absolute atomic E-state index is 9.30. The highest BCUT2D eigenvalue weighted by atomic mass is 16.3. The van der Waals surface area contributed by atoms with Crippen molar-refractivity contribution in [2.24, 2.45) is 7.05 Å². The minimum atomic E-state index is -0.291. The number of nitrogens with zero attached hydrogens (tertiary/aromatic N) is 4. The summed E-state index contributed by atoms with van der Waals surface area (Å²) in [5.41, 5.74) is 1.97. The number of aliphatic hydroxyl groups is 1. The minimum absolute atomic E-state index is 0.291. The quantitative estimate of drug-likeness (QED) is 0.863. The van der Waals surface area contributed by atoms with Gasteiger partial charge in [-0.2, -0.15) is 0 Å². The van der Waals surface area contributed by atoms with Gasteiger partial charge in [-0.3, -0.25) is 0 Å². The van der Waals surface area contributed by atoms with Crippen LogP contribution in [0.5, 0.6) is 0 Å². The first-order valence-corrected chi connectivity index (χ1v) is 5.75. The topological polar surface area (TPSA) is 54.2 Å². The van der Waals surface area contributed by atoms with E-state index in [1.165, 1.54) is 0 Å². The van der Waals surface area contributed by atoms with Crippen LogP contribution in [0.4, 0.5) is 5.82 Å². The van der Waals surface area contributed by atoms with E-state index in [9.17, 15) is 5.11 Å². The largest absolute Gasteiger partial charge is 0.393 e. The molecular formula is C12H18N4O. The summed E-state index contributed by atoms with van der Waals surface area (Å²) in [6, 6.07) is 1.95. The molecule has 0 radical (unpaired) electrons. The molecule has 17 heavy (non-hydrogen) atoms. The lowest BCUT2D eigenvalue weighted by molar-refractivity contribution is 0.187. The fourth-order valence-corrected chi connectivity index (χ4v) is 1.81. The smallest absolute Gasteiger partial charge is 0.156 e. The summed E-state index contributed by atoms with van der Waals surface area (Å²) < 4.78 is 1.98. The summed E-state index contributed by atoms with van der Waals surface area (Å²) in [6.45, 7) is 2.56. The van der Waals surface area contributed by atoms with E-state index in [4.69, 9.17) is 0 Å². The van der Waals surface area contributed by atoms with Gasteiger partial charge in [-0.15, -0.1) is 0 Å². The number of rotatable bonds is 4. The molecule has 1 unspecified atom stereocenters. The van der Waals surface area contributed by atoms with E-state index in [0.29, 0.717) is 0 Å². The van der Waals surface area contributed by atoms with Gasteiger partial charge in [0.15, 0.2) is 5.82 Å². The molecule has 1 atom stereocenters. The molecule has 92 valence electrons. The number of anilines is 1. The Labute approximate surface area is 101 Å². The number of aromatic nitrogens is 3. The third-order valence-electron chi connectivity index (χ3n) is 2.87. The molecule has 2 aromatic heterocycles. The highest BCUT2D eigenvalue weighted by Crippen LogP contribution is 2.21. The van der Waals surface area contributed by atoms with E-state index in [1.54, 1.807) is 19.4 Å². The van der Waals surface area contributed by atoms with E-state index in [2.05, 4.69) is 9.97 Å². The second kappa shape index (κ2) is 4.71. The first-order valence-electron chi connectivity index (χ1n) is 5.75. The number of aliphatic hydroxyl groups excluding tert-OH is 1. The van der Waals surface area contributed by atoms with Crippen molar-refractivity contribution in [1.82, 2.24) is 14.5 Å². The molecule has 0 amide bonds. The molecule has 2 heterocycles. The Morgan fingerprint density at radius 3 is 2.94 bits per heavy atom. The van der Waals surface area contributed by atoms with Gasteiger partial charge in [0, 0.05) is 26.8 Å². The monoisotopic (exact) mass is 234 g/mol. The second-order valence-corrected chi connectivity index (χ2v) is 4.42. The predicted octanol–water partition coefficient (Wildman–Crippen LogP) is 1.18. The van der Waals surface area contributed by atoms with Crippen LogP contribution in [0.1, 0.15) is 13.3 Å². The van der Waals surface area contributed by atoms with E-state index in [1.807, 2.05) is 29.6 Å². The summed E-state index contributed by atoms with van der Waals surface area (Å²) in [4.78, 5) is 10.8. The number of pyridine rings is 1. The average molecular weight is 234 g/mol. The van der Waals surface area contributed by atoms with E-state index in [-0.39, 0.29) is 6.10 Å². The van der Waals surface area contributed by atoms with Crippen molar-refractivity contribution in [2.45, 2.75) is 19.4 Å².